The fourth-order valence-electron chi connectivity index (χ4n) is 0.826. The van der Waals surface area contributed by atoms with Gasteiger partial charge in [-0.1, -0.05) is 11.6 Å². The molecule has 0 saturated carbocycles. The molecule has 9 heteroatoms. The summed E-state index contributed by atoms with van der Waals surface area (Å²) in [5, 5.41) is 10.3. The lowest BCUT2D eigenvalue weighted by Gasteiger charge is -2.06. The maximum Gasteiger partial charge on any atom is 0.524 e. The molecule has 0 aliphatic rings. The van der Waals surface area contributed by atoms with E-state index in [1.54, 1.807) is 0 Å². The molecule has 0 bridgehead atoms. The minimum Gasteiger partial charge on any atom is -0.404 e. The molecule has 0 unspecified atom stereocenters. The van der Waals surface area contributed by atoms with Crippen LogP contribution in [0.1, 0.15) is 0 Å². The molecule has 0 aromatic heterocycles. The van der Waals surface area contributed by atoms with Gasteiger partial charge in [-0.2, -0.15) is 0 Å². The Morgan fingerprint density at radius 1 is 1.47 bits per heavy atom. The number of halogens is 1. The van der Waals surface area contributed by atoms with Crippen LogP contribution in [0.3, 0.4) is 0 Å². The molecule has 0 fully saturated rings. The molecule has 0 saturated heterocycles. The summed E-state index contributed by atoms with van der Waals surface area (Å²) in [5.41, 5.74) is -0.484. The fourth-order valence-corrected chi connectivity index (χ4v) is 1.40. The normalized spacial score (nSPS) is 11.1. The zero-order valence-corrected chi connectivity index (χ0v) is 8.68. The molecule has 7 nitrogen and oxygen atoms in total. The predicted octanol–water partition coefficient (Wildman–Crippen LogP) is 1.72. The third-order valence-corrected chi connectivity index (χ3v) is 2.11. The minimum atomic E-state index is -4.72. The summed E-state index contributed by atoms with van der Waals surface area (Å²) >= 11 is 5.47. The summed E-state index contributed by atoms with van der Waals surface area (Å²) in [6, 6.07) is 3.07. The lowest BCUT2D eigenvalue weighted by atomic mass is 10.3. The number of nitrogens with zero attached hydrogens (tertiary/aromatic N) is 1. The first-order valence-electron chi connectivity index (χ1n) is 3.49. The first-order valence-corrected chi connectivity index (χ1v) is 5.39. The van der Waals surface area contributed by atoms with Crippen molar-refractivity contribution in [3.63, 3.8) is 0 Å². The van der Waals surface area contributed by atoms with Crippen LogP contribution in [-0.2, 0) is 4.57 Å². The second-order valence-corrected chi connectivity index (χ2v) is 4.02. The summed E-state index contributed by atoms with van der Waals surface area (Å²) in [7, 11) is -4.72. The van der Waals surface area contributed by atoms with Crippen molar-refractivity contribution in [1.29, 1.82) is 0 Å². The number of phosphoric ester groups is 1. The van der Waals surface area contributed by atoms with E-state index in [1.807, 2.05) is 0 Å². The summed E-state index contributed by atoms with van der Waals surface area (Å²) in [6.45, 7) is 0. The van der Waals surface area contributed by atoms with E-state index in [0.29, 0.717) is 0 Å². The van der Waals surface area contributed by atoms with Crippen LogP contribution in [0.4, 0.5) is 5.69 Å². The van der Waals surface area contributed by atoms with Crippen LogP contribution in [0, 0.1) is 10.1 Å². The van der Waals surface area contributed by atoms with Crippen molar-refractivity contribution in [2.24, 2.45) is 0 Å². The lowest BCUT2D eigenvalue weighted by molar-refractivity contribution is -0.384. The van der Waals surface area contributed by atoms with E-state index in [-0.39, 0.29) is 10.8 Å². The standard InChI is InChI=1S/C6H5ClNO6P/c7-5-2-1-4(14-15(11,12)13)3-6(5)8(9)10/h1-3H,(H2,11,12,13). The van der Waals surface area contributed by atoms with E-state index >= 15 is 0 Å². The fraction of sp³-hybridized carbons (Fsp3) is 0. The van der Waals surface area contributed by atoms with Crippen LogP contribution >= 0.6 is 19.4 Å². The quantitative estimate of drug-likeness (QED) is 0.482. The molecule has 1 aromatic rings. The zero-order chi connectivity index (χ0) is 11.6. The average Bonchev–Trinajstić information content (AvgIpc) is 2.05. The van der Waals surface area contributed by atoms with Gasteiger partial charge in [-0.25, -0.2) is 4.57 Å². The second kappa shape index (κ2) is 4.16. The van der Waals surface area contributed by atoms with Gasteiger partial charge in [-0.3, -0.25) is 19.9 Å². The minimum absolute atomic E-state index is 0.141. The number of hydrogen-bond donors (Lipinski definition) is 2. The van der Waals surface area contributed by atoms with Crippen molar-refractivity contribution in [2.75, 3.05) is 0 Å². The van der Waals surface area contributed by atoms with E-state index in [4.69, 9.17) is 21.4 Å². The molecule has 0 spiro atoms. The Morgan fingerprint density at radius 2 is 2.07 bits per heavy atom. The summed E-state index contributed by atoms with van der Waals surface area (Å²) in [5.74, 6) is -0.320. The number of phosphoric acid groups is 1. The van der Waals surface area contributed by atoms with Crippen molar-refractivity contribution in [3.8, 4) is 5.75 Å². The number of hydrogen-bond acceptors (Lipinski definition) is 4. The number of benzene rings is 1. The van der Waals surface area contributed by atoms with Crippen LogP contribution in [0.5, 0.6) is 5.75 Å². The molecule has 0 atom stereocenters. The van der Waals surface area contributed by atoms with Crippen LogP contribution < -0.4 is 4.52 Å². The Bertz CT molecular complexity index is 443. The van der Waals surface area contributed by atoms with Crippen molar-refractivity contribution in [2.45, 2.75) is 0 Å². The van der Waals surface area contributed by atoms with Gasteiger partial charge in [0.05, 0.1) is 11.0 Å². The van der Waals surface area contributed by atoms with Gasteiger partial charge in [0.2, 0.25) is 0 Å². The highest BCUT2D eigenvalue weighted by atomic mass is 35.5. The summed E-state index contributed by atoms with van der Waals surface area (Å²) < 4.78 is 14.6. The van der Waals surface area contributed by atoms with Crippen LogP contribution in [0.2, 0.25) is 5.02 Å². The Morgan fingerprint density at radius 3 is 2.53 bits per heavy atom. The summed E-state index contributed by atoms with van der Waals surface area (Å²) in [6.07, 6.45) is 0. The maximum absolute atomic E-state index is 10.4. The van der Waals surface area contributed by atoms with Gasteiger partial charge in [-0.05, 0) is 12.1 Å². The van der Waals surface area contributed by atoms with Crippen LogP contribution in [0.15, 0.2) is 18.2 Å². The van der Waals surface area contributed by atoms with Gasteiger partial charge in [0.25, 0.3) is 5.69 Å². The molecule has 0 radical (unpaired) electrons. The van der Waals surface area contributed by atoms with Gasteiger partial charge in [-0.15, -0.1) is 0 Å². The molecule has 0 amide bonds. The monoisotopic (exact) mass is 253 g/mol. The second-order valence-electron chi connectivity index (χ2n) is 2.45. The molecule has 2 N–H and O–H groups in total. The molecule has 0 aliphatic heterocycles. The van der Waals surface area contributed by atoms with E-state index in [0.717, 1.165) is 18.2 Å². The first kappa shape index (κ1) is 11.9. The topological polar surface area (TPSA) is 110 Å². The third kappa shape index (κ3) is 3.49. The summed E-state index contributed by atoms with van der Waals surface area (Å²) in [4.78, 5) is 26.5. The van der Waals surface area contributed by atoms with E-state index < -0.39 is 18.4 Å². The van der Waals surface area contributed by atoms with Gasteiger partial charge in [0.1, 0.15) is 10.8 Å². The van der Waals surface area contributed by atoms with Crippen molar-refractivity contribution >= 4 is 25.1 Å². The van der Waals surface area contributed by atoms with Crippen LogP contribution in [0.25, 0.3) is 0 Å². The SMILES string of the molecule is O=[N+]([O-])c1cc(OP(=O)(O)O)ccc1Cl. The van der Waals surface area contributed by atoms with Crippen molar-refractivity contribution in [3.05, 3.63) is 33.3 Å². The molecule has 0 heterocycles. The third-order valence-electron chi connectivity index (χ3n) is 1.34. The highest BCUT2D eigenvalue weighted by molar-refractivity contribution is 7.46. The Hall–Kier alpha value is -1.14. The van der Waals surface area contributed by atoms with E-state index in [1.165, 1.54) is 0 Å². The van der Waals surface area contributed by atoms with Crippen molar-refractivity contribution < 1.29 is 23.8 Å². The smallest absolute Gasteiger partial charge is 0.404 e. The largest absolute Gasteiger partial charge is 0.524 e. The van der Waals surface area contributed by atoms with Gasteiger partial charge < -0.3 is 4.52 Å². The number of nitro benzene ring substituents is 1. The highest BCUT2D eigenvalue weighted by Crippen LogP contribution is 2.39. The number of nitro groups is 1. The Balaban J connectivity index is 3.08. The Labute approximate surface area is 88.6 Å². The zero-order valence-electron chi connectivity index (χ0n) is 7.03. The van der Waals surface area contributed by atoms with Crippen molar-refractivity contribution in [1.82, 2.24) is 0 Å². The number of rotatable bonds is 3. The maximum atomic E-state index is 10.4. The molecule has 82 valence electrons. The molecular formula is C6H5ClNO6P. The first-order chi connectivity index (χ1) is 6.79. The molecular weight excluding hydrogens is 248 g/mol. The average molecular weight is 254 g/mol. The Kier molecular flexibility index (Phi) is 3.31. The van der Waals surface area contributed by atoms with Crippen LogP contribution in [-0.4, -0.2) is 14.7 Å². The molecule has 0 aliphatic carbocycles. The lowest BCUT2D eigenvalue weighted by Crippen LogP contribution is -1.93. The van der Waals surface area contributed by atoms with Gasteiger partial charge in [0, 0.05) is 0 Å². The van der Waals surface area contributed by atoms with E-state index in [2.05, 4.69) is 4.52 Å². The molecule has 15 heavy (non-hydrogen) atoms. The highest BCUT2D eigenvalue weighted by Gasteiger charge is 2.19. The molecule has 1 rings (SSSR count). The van der Waals surface area contributed by atoms with Gasteiger partial charge >= 0.3 is 7.82 Å². The molecule has 1 aromatic carbocycles. The van der Waals surface area contributed by atoms with E-state index in [9.17, 15) is 14.7 Å². The predicted molar refractivity (Wildman–Crippen MR) is 50.8 cm³/mol. The van der Waals surface area contributed by atoms with Gasteiger partial charge in [0.15, 0.2) is 0 Å².